The summed E-state index contributed by atoms with van der Waals surface area (Å²) in [5, 5.41) is 3.30. The number of benzene rings is 1. The van der Waals surface area contributed by atoms with E-state index in [1.807, 2.05) is 19.2 Å². The van der Waals surface area contributed by atoms with Gasteiger partial charge in [0.15, 0.2) is 6.10 Å². The maximum atomic E-state index is 11.4. The largest absolute Gasteiger partial charge is 0.478 e. The van der Waals surface area contributed by atoms with Crippen molar-refractivity contribution in [3.8, 4) is 5.75 Å². The quantitative estimate of drug-likeness (QED) is 0.824. The Balaban J connectivity index is 1.85. The molecule has 1 aromatic carbocycles. The fourth-order valence-electron chi connectivity index (χ4n) is 2.77. The zero-order valence-corrected chi connectivity index (χ0v) is 10.4. The number of ether oxygens (including phenoxy) is 2. The van der Waals surface area contributed by atoms with Crippen LogP contribution in [0, 0.1) is 0 Å². The number of carbonyl (C=O) groups excluding carboxylic acids is 1. The molecule has 1 heterocycles. The Hall–Kier alpha value is -1.55. The van der Waals surface area contributed by atoms with Crippen LogP contribution < -0.4 is 10.1 Å². The van der Waals surface area contributed by atoms with E-state index in [-0.39, 0.29) is 5.97 Å². The van der Waals surface area contributed by atoms with Gasteiger partial charge in [-0.1, -0.05) is 12.1 Å². The van der Waals surface area contributed by atoms with Gasteiger partial charge in [0, 0.05) is 12.5 Å². The maximum Gasteiger partial charge on any atom is 0.347 e. The van der Waals surface area contributed by atoms with Crippen LogP contribution in [0.5, 0.6) is 5.75 Å². The van der Waals surface area contributed by atoms with Crippen molar-refractivity contribution < 1.29 is 14.3 Å². The Morgan fingerprint density at radius 3 is 3.00 bits per heavy atom. The van der Waals surface area contributed by atoms with Gasteiger partial charge in [-0.05, 0) is 37.1 Å². The molecule has 96 valence electrons. The van der Waals surface area contributed by atoms with Gasteiger partial charge >= 0.3 is 5.97 Å². The van der Waals surface area contributed by atoms with Gasteiger partial charge < -0.3 is 14.8 Å². The van der Waals surface area contributed by atoms with E-state index in [9.17, 15) is 4.79 Å². The molecule has 0 aromatic heterocycles. The summed E-state index contributed by atoms with van der Waals surface area (Å²) in [6.45, 7) is 0.470. The van der Waals surface area contributed by atoms with Crippen LogP contribution in [0.15, 0.2) is 18.2 Å². The Morgan fingerprint density at radius 2 is 2.28 bits per heavy atom. The Kier molecular flexibility index (Phi) is 2.96. The van der Waals surface area contributed by atoms with E-state index < -0.39 is 6.10 Å². The molecule has 0 saturated carbocycles. The molecule has 1 aliphatic heterocycles. The molecule has 18 heavy (non-hydrogen) atoms. The van der Waals surface area contributed by atoms with Crippen LogP contribution >= 0.6 is 0 Å². The molecule has 0 spiro atoms. The molecule has 2 aliphatic rings. The normalized spacial score (nSPS) is 25.9. The van der Waals surface area contributed by atoms with Gasteiger partial charge in [-0.15, -0.1) is 0 Å². The van der Waals surface area contributed by atoms with E-state index in [1.54, 1.807) is 0 Å². The molecule has 2 unspecified atom stereocenters. The molecular weight excluding hydrogens is 230 g/mol. The van der Waals surface area contributed by atoms with E-state index in [2.05, 4.69) is 11.4 Å². The first-order chi connectivity index (χ1) is 8.79. The zero-order valence-electron chi connectivity index (χ0n) is 10.4. The molecular formula is C14H17NO3. The molecule has 3 rings (SSSR count). The summed E-state index contributed by atoms with van der Waals surface area (Å²) < 4.78 is 10.7. The second-order valence-corrected chi connectivity index (χ2v) is 4.77. The Morgan fingerprint density at radius 1 is 1.39 bits per heavy atom. The highest BCUT2D eigenvalue weighted by atomic mass is 16.6. The summed E-state index contributed by atoms with van der Waals surface area (Å²) in [6, 6.07) is 6.47. The van der Waals surface area contributed by atoms with Crippen molar-refractivity contribution >= 4 is 5.97 Å². The number of fused-ring (bicyclic) bond motifs is 1. The highest BCUT2D eigenvalue weighted by Gasteiger charge is 2.31. The lowest BCUT2D eigenvalue weighted by Crippen LogP contribution is -2.22. The van der Waals surface area contributed by atoms with Gasteiger partial charge in [-0.25, -0.2) is 4.79 Å². The van der Waals surface area contributed by atoms with Crippen LogP contribution in [0.4, 0.5) is 0 Å². The summed E-state index contributed by atoms with van der Waals surface area (Å²) in [4.78, 5) is 11.4. The summed E-state index contributed by atoms with van der Waals surface area (Å²) in [5.74, 6) is 0.602. The van der Waals surface area contributed by atoms with Gasteiger partial charge in [0.1, 0.15) is 5.75 Å². The highest BCUT2D eigenvalue weighted by molar-refractivity contribution is 5.76. The number of hydrogen-bond donors (Lipinski definition) is 1. The summed E-state index contributed by atoms with van der Waals surface area (Å²) in [5.41, 5.74) is 2.53. The van der Waals surface area contributed by atoms with Crippen molar-refractivity contribution in [2.75, 3.05) is 13.7 Å². The monoisotopic (exact) mass is 247 g/mol. The van der Waals surface area contributed by atoms with Gasteiger partial charge in [-0.3, -0.25) is 0 Å². The predicted octanol–water partition coefficient (Wildman–Crippen LogP) is 1.59. The maximum absolute atomic E-state index is 11.4. The molecule has 1 aliphatic carbocycles. The van der Waals surface area contributed by atoms with Gasteiger partial charge in [-0.2, -0.15) is 0 Å². The van der Waals surface area contributed by atoms with Gasteiger partial charge in [0.05, 0.1) is 6.61 Å². The smallest absolute Gasteiger partial charge is 0.347 e. The third-order valence-corrected chi connectivity index (χ3v) is 3.73. The molecule has 4 heteroatoms. The first kappa shape index (κ1) is 11.5. The minimum atomic E-state index is -0.426. The van der Waals surface area contributed by atoms with E-state index in [0.717, 1.165) is 18.6 Å². The predicted molar refractivity (Wildman–Crippen MR) is 66.6 cm³/mol. The molecule has 2 atom stereocenters. The van der Waals surface area contributed by atoms with Crippen molar-refractivity contribution in [1.29, 1.82) is 0 Å². The summed E-state index contributed by atoms with van der Waals surface area (Å²) in [6.07, 6.45) is 2.31. The number of hydrogen-bond acceptors (Lipinski definition) is 4. The standard InChI is InChI=1S/C14H17NO3/c1-15-11-6-5-10-9(11)3-2-4-12(10)18-13-7-8-17-14(13)16/h2-4,11,13,15H,5-8H2,1H3. The SMILES string of the molecule is CNC1CCc2c(OC3CCOC3=O)cccc21. The zero-order chi connectivity index (χ0) is 12.5. The molecule has 1 fully saturated rings. The lowest BCUT2D eigenvalue weighted by atomic mass is 10.1. The van der Waals surface area contributed by atoms with Crippen LogP contribution in [0.2, 0.25) is 0 Å². The third-order valence-electron chi connectivity index (χ3n) is 3.73. The average molecular weight is 247 g/mol. The Labute approximate surface area is 106 Å². The number of cyclic esters (lactones) is 1. The number of esters is 1. The topological polar surface area (TPSA) is 47.6 Å². The van der Waals surface area contributed by atoms with E-state index in [4.69, 9.17) is 9.47 Å². The van der Waals surface area contributed by atoms with Crippen LogP contribution in [0.1, 0.15) is 30.0 Å². The number of carbonyl (C=O) groups is 1. The highest BCUT2D eigenvalue weighted by Crippen LogP contribution is 2.37. The molecule has 1 aromatic rings. The molecule has 0 radical (unpaired) electrons. The van der Waals surface area contributed by atoms with Crippen LogP contribution in [0.3, 0.4) is 0 Å². The fraction of sp³-hybridized carbons (Fsp3) is 0.500. The molecule has 0 bridgehead atoms. The van der Waals surface area contributed by atoms with Crippen LogP contribution in [-0.2, 0) is 16.0 Å². The second kappa shape index (κ2) is 4.61. The Bertz CT molecular complexity index is 472. The molecule has 1 saturated heterocycles. The minimum Gasteiger partial charge on any atom is -0.478 e. The minimum absolute atomic E-state index is 0.240. The lowest BCUT2D eigenvalue weighted by Gasteiger charge is -2.15. The van der Waals surface area contributed by atoms with Crippen LogP contribution in [0.25, 0.3) is 0 Å². The average Bonchev–Trinajstić information content (AvgIpc) is 2.97. The van der Waals surface area contributed by atoms with Crippen LogP contribution in [-0.4, -0.2) is 25.7 Å². The first-order valence-electron chi connectivity index (χ1n) is 6.42. The molecule has 0 amide bonds. The van der Waals surface area contributed by atoms with Gasteiger partial charge in [0.2, 0.25) is 0 Å². The summed E-state index contributed by atoms with van der Waals surface area (Å²) >= 11 is 0. The number of rotatable bonds is 3. The van der Waals surface area contributed by atoms with Crippen molar-refractivity contribution in [2.24, 2.45) is 0 Å². The lowest BCUT2D eigenvalue weighted by molar-refractivity contribution is -0.143. The molecule has 4 nitrogen and oxygen atoms in total. The van der Waals surface area contributed by atoms with Crippen molar-refractivity contribution in [3.63, 3.8) is 0 Å². The van der Waals surface area contributed by atoms with E-state index in [0.29, 0.717) is 19.1 Å². The van der Waals surface area contributed by atoms with Crippen molar-refractivity contribution in [2.45, 2.75) is 31.4 Å². The number of nitrogens with one attached hydrogen (secondary N) is 1. The van der Waals surface area contributed by atoms with E-state index in [1.165, 1.54) is 11.1 Å². The third kappa shape index (κ3) is 1.86. The second-order valence-electron chi connectivity index (χ2n) is 4.77. The first-order valence-corrected chi connectivity index (χ1v) is 6.42. The van der Waals surface area contributed by atoms with Gasteiger partial charge in [0.25, 0.3) is 0 Å². The van der Waals surface area contributed by atoms with Crippen molar-refractivity contribution in [3.05, 3.63) is 29.3 Å². The summed E-state index contributed by atoms with van der Waals surface area (Å²) in [7, 11) is 1.97. The van der Waals surface area contributed by atoms with Crippen molar-refractivity contribution in [1.82, 2.24) is 5.32 Å². The fourth-order valence-corrected chi connectivity index (χ4v) is 2.77. The molecule has 1 N–H and O–H groups in total. The van der Waals surface area contributed by atoms with E-state index >= 15 is 0 Å².